The molecular weight excluding hydrogens is 261 g/mol. The molecule has 2 rings (SSSR count). The first-order valence-corrected chi connectivity index (χ1v) is 5.50. The number of halogens is 3. The fourth-order valence-corrected chi connectivity index (χ4v) is 1.79. The Kier molecular flexibility index (Phi) is 3.41. The van der Waals surface area contributed by atoms with Crippen LogP contribution in [-0.4, -0.2) is 17.5 Å². The molecule has 5 nitrogen and oxygen atoms in total. The molecule has 2 atom stereocenters. The highest BCUT2D eigenvalue weighted by molar-refractivity contribution is 5.57. The Bertz CT molecular complexity index is 503. The van der Waals surface area contributed by atoms with Crippen molar-refractivity contribution in [3.8, 4) is 0 Å². The summed E-state index contributed by atoms with van der Waals surface area (Å²) in [5, 5.41) is 8.48. The molecule has 0 bridgehead atoms. The predicted octanol–water partition coefficient (Wildman–Crippen LogP) is 2.48. The molecule has 0 fully saturated rings. The first-order chi connectivity index (χ1) is 8.93. The summed E-state index contributed by atoms with van der Waals surface area (Å²) in [6.45, 7) is 1.65. The average Bonchev–Trinajstić information content (AvgIpc) is 2.85. The van der Waals surface area contributed by atoms with Gasteiger partial charge in [0.05, 0.1) is 11.6 Å². The maximum atomic E-state index is 12.6. The van der Waals surface area contributed by atoms with E-state index >= 15 is 0 Å². The van der Waals surface area contributed by atoms with Crippen LogP contribution in [0.15, 0.2) is 34.7 Å². The van der Waals surface area contributed by atoms with Crippen molar-refractivity contribution in [2.24, 2.45) is 10.4 Å². The number of benzene rings is 1. The van der Waals surface area contributed by atoms with Gasteiger partial charge in [-0.15, -0.1) is 0 Å². The highest BCUT2D eigenvalue weighted by Crippen LogP contribution is 2.32. The van der Waals surface area contributed by atoms with Gasteiger partial charge in [-0.05, 0) is 24.6 Å². The van der Waals surface area contributed by atoms with Crippen molar-refractivity contribution in [1.29, 1.82) is 0 Å². The Morgan fingerprint density at radius 2 is 2.21 bits per heavy atom. The Labute approximate surface area is 107 Å². The van der Waals surface area contributed by atoms with Crippen LogP contribution in [0.1, 0.15) is 24.1 Å². The second kappa shape index (κ2) is 4.87. The molecule has 0 saturated heterocycles. The van der Waals surface area contributed by atoms with Crippen LogP contribution in [0.2, 0.25) is 0 Å². The Morgan fingerprint density at radius 1 is 1.47 bits per heavy atom. The number of hydrogen-bond donors (Lipinski definition) is 1. The molecule has 1 aromatic rings. The minimum absolute atomic E-state index is 0.407. The van der Waals surface area contributed by atoms with Crippen molar-refractivity contribution in [3.63, 3.8) is 0 Å². The van der Waals surface area contributed by atoms with Gasteiger partial charge < -0.3 is 0 Å². The van der Waals surface area contributed by atoms with E-state index in [0.29, 0.717) is 11.8 Å². The summed E-state index contributed by atoms with van der Waals surface area (Å²) in [6, 6.07) is 4.41. The monoisotopic (exact) mass is 272 g/mol. The summed E-state index contributed by atoms with van der Waals surface area (Å²) in [6.07, 6.45) is -4.57. The van der Waals surface area contributed by atoms with E-state index in [9.17, 15) is 18.0 Å². The lowest BCUT2D eigenvalue weighted by Gasteiger charge is -2.24. The fraction of sp³-hybridized carbons (Fsp3) is 0.364. The molecule has 19 heavy (non-hydrogen) atoms. The van der Waals surface area contributed by atoms with Gasteiger partial charge in [-0.25, -0.2) is 5.01 Å². The van der Waals surface area contributed by atoms with Crippen molar-refractivity contribution < 1.29 is 18.0 Å². The Balaban J connectivity index is 2.26. The van der Waals surface area contributed by atoms with Gasteiger partial charge in [-0.1, -0.05) is 22.6 Å². The van der Waals surface area contributed by atoms with Gasteiger partial charge in [-0.3, -0.25) is 10.2 Å². The number of carbonyl (C=O) groups is 1. The number of rotatable bonds is 3. The minimum Gasteiger partial charge on any atom is -0.299 e. The lowest BCUT2D eigenvalue weighted by molar-refractivity contribution is -0.137. The molecule has 1 N–H and O–H groups in total. The van der Waals surface area contributed by atoms with E-state index in [1.54, 1.807) is 13.0 Å². The van der Waals surface area contributed by atoms with E-state index in [2.05, 4.69) is 15.9 Å². The summed E-state index contributed by atoms with van der Waals surface area (Å²) in [5.41, 5.74) is 2.12. The molecule has 1 aliphatic heterocycles. The van der Waals surface area contributed by atoms with Crippen molar-refractivity contribution in [3.05, 3.63) is 35.4 Å². The van der Waals surface area contributed by atoms with Gasteiger partial charge in [0.15, 0.2) is 12.5 Å². The smallest absolute Gasteiger partial charge is 0.299 e. The molecule has 8 heteroatoms. The molecule has 0 amide bonds. The molecule has 0 spiro atoms. The lowest BCUT2D eigenvalue weighted by Crippen LogP contribution is -2.38. The van der Waals surface area contributed by atoms with Crippen LogP contribution >= 0.6 is 0 Å². The van der Waals surface area contributed by atoms with E-state index in [1.807, 2.05) is 0 Å². The standard InChI is InChI=1S/C11H11F3N4O/c1-7(18-10(6-19)15-16-17-18)8-3-2-4-9(5-8)11(12,13)14/h2-7,10H,1H3,(H,15,17). The first kappa shape index (κ1) is 13.3. The average molecular weight is 272 g/mol. The number of nitrogens with zero attached hydrogens (tertiary/aromatic N) is 3. The normalized spacial score (nSPS) is 20.2. The van der Waals surface area contributed by atoms with Crippen LogP contribution in [-0.2, 0) is 11.0 Å². The summed E-state index contributed by atoms with van der Waals surface area (Å²) >= 11 is 0. The number of alkyl halides is 3. The Hall–Kier alpha value is -2.12. The molecule has 0 saturated carbocycles. The van der Waals surface area contributed by atoms with Gasteiger partial charge in [0.2, 0.25) is 0 Å². The fourth-order valence-electron chi connectivity index (χ4n) is 1.79. The van der Waals surface area contributed by atoms with Crippen molar-refractivity contribution in [2.45, 2.75) is 25.3 Å². The van der Waals surface area contributed by atoms with Crippen molar-refractivity contribution in [2.75, 3.05) is 0 Å². The largest absolute Gasteiger partial charge is 0.416 e. The maximum absolute atomic E-state index is 12.6. The number of aldehydes is 1. The molecule has 1 aromatic carbocycles. The van der Waals surface area contributed by atoms with Crippen LogP contribution in [0.4, 0.5) is 13.2 Å². The van der Waals surface area contributed by atoms with E-state index in [-0.39, 0.29) is 0 Å². The second-order valence-electron chi connectivity index (χ2n) is 4.08. The molecule has 1 heterocycles. The quantitative estimate of drug-likeness (QED) is 0.860. The van der Waals surface area contributed by atoms with Gasteiger partial charge in [0, 0.05) is 0 Å². The third-order valence-corrected chi connectivity index (χ3v) is 2.85. The van der Waals surface area contributed by atoms with E-state index < -0.39 is 23.9 Å². The van der Waals surface area contributed by atoms with Crippen LogP contribution in [0, 0.1) is 0 Å². The molecular formula is C11H11F3N4O. The highest BCUT2D eigenvalue weighted by Gasteiger charge is 2.32. The lowest BCUT2D eigenvalue weighted by atomic mass is 10.0. The molecule has 102 valence electrons. The summed E-state index contributed by atoms with van der Waals surface area (Å²) in [5.74, 6) is 0. The third kappa shape index (κ3) is 2.67. The molecule has 0 aliphatic carbocycles. The summed E-state index contributed by atoms with van der Waals surface area (Å²) in [4.78, 5) is 10.8. The highest BCUT2D eigenvalue weighted by atomic mass is 19.4. The van der Waals surface area contributed by atoms with Gasteiger partial charge in [0.1, 0.15) is 0 Å². The number of hydrogen-bond acceptors (Lipinski definition) is 5. The van der Waals surface area contributed by atoms with E-state index in [1.165, 1.54) is 11.1 Å². The van der Waals surface area contributed by atoms with Gasteiger partial charge >= 0.3 is 6.18 Å². The number of nitrogens with one attached hydrogen (secondary N) is 1. The van der Waals surface area contributed by atoms with Gasteiger partial charge in [0.25, 0.3) is 0 Å². The molecule has 0 radical (unpaired) electrons. The minimum atomic E-state index is -4.40. The van der Waals surface area contributed by atoms with Gasteiger partial charge in [-0.2, -0.15) is 13.2 Å². The molecule has 2 unspecified atom stereocenters. The second-order valence-corrected chi connectivity index (χ2v) is 4.08. The molecule has 1 aliphatic rings. The SMILES string of the molecule is CC(c1cccc(C(F)(F)F)c1)N1N=NNC1C=O. The van der Waals surface area contributed by atoms with Crippen molar-refractivity contribution in [1.82, 2.24) is 10.4 Å². The zero-order valence-electron chi connectivity index (χ0n) is 9.93. The predicted molar refractivity (Wildman–Crippen MR) is 59.5 cm³/mol. The topological polar surface area (TPSA) is 57.1 Å². The third-order valence-electron chi connectivity index (χ3n) is 2.85. The van der Waals surface area contributed by atoms with Crippen LogP contribution in [0.5, 0.6) is 0 Å². The number of carbonyl (C=O) groups excluding carboxylic acids is 1. The zero-order chi connectivity index (χ0) is 14.0. The summed E-state index contributed by atoms with van der Waals surface area (Å²) < 4.78 is 37.9. The Morgan fingerprint density at radius 3 is 2.84 bits per heavy atom. The van der Waals surface area contributed by atoms with E-state index in [4.69, 9.17) is 0 Å². The zero-order valence-corrected chi connectivity index (χ0v) is 9.93. The van der Waals surface area contributed by atoms with Crippen molar-refractivity contribution >= 4 is 6.29 Å². The van der Waals surface area contributed by atoms with Crippen LogP contribution in [0.3, 0.4) is 0 Å². The summed E-state index contributed by atoms with van der Waals surface area (Å²) in [7, 11) is 0. The van der Waals surface area contributed by atoms with E-state index in [0.717, 1.165) is 12.1 Å². The molecule has 0 aromatic heterocycles. The maximum Gasteiger partial charge on any atom is 0.416 e. The van der Waals surface area contributed by atoms with Crippen LogP contribution < -0.4 is 5.43 Å². The first-order valence-electron chi connectivity index (χ1n) is 5.50. The van der Waals surface area contributed by atoms with Crippen LogP contribution in [0.25, 0.3) is 0 Å².